The second kappa shape index (κ2) is 8.23. The van der Waals surface area contributed by atoms with Gasteiger partial charge in [-0.15, -0.1) is 5.10 Å². The van der Waals surface area contributed by atoms with Crippen LogP contribution >= 0.6 is 34.8 Å². The van der Waals surface area contributed by atoms with Crippen molar-refractivity contribution in [3.63, 3.8) is 0 Å². The van der Waals surface area contributed by atoms with E-state index in [-0.39, 0.29) is 28.9 Å². The van der Waals surface area contributed by atoms with Gasteiger partial charge < -0.3 is 0 Å². The average Bonchev–Trinajstić information content (AvgIpc) is 3.28. The van der Waals surface area contributed by atoms with Gasteiger partial charge in [0.1, 0.15) is 17.0 Å². The van der Waals surface area contributed by atoms with Gasteiger partial charge in [0, 0.05) is 21.3 Å². The molecule has 0 saturated carbocycles. The molecule has 0 saturated heterocycles. The maximum absolute atomic E-state index is 13.4. The standard InChI is InChI=1S/C18H11Cl3F3N7O/c1-8-5-12(18(22,23)24)31-15(26-8)13(21)14(28-31)16(32)27-17-25-7-30(29-17)6-9-10(19)3-2-4-11(9)20/h2-5,7H,6H2,1H3,(H,27,29,32). The zero-order chi connectivity index (χ0) is 23.2. The van der Waals surface area contributed by atoms with E-state index in [2.05, 4.69) is 25.5 Å². The SMILES string of the molecule is Cc1cc(C(F)(F)F)n2nc(C(=O)Nc3ncn(Cc4c(Cl)cccc4Cl)n3)c(Cl)c2n1. The summed E-state index contributed by atoms with van der Waals surface area (Å²) in [5.41, 5.74) is -1.20. The van der Waals surface area contributed by atoms with Crippen LogP contribution < -0.4 is 5.32 Å². The lowest BCUT2D eigenvalue weighted by molar-refractivity contribution is -0.142. The Morgan fingerprint density at radius 2 is 1.84 bits per heavy atom. The maximum Gasteiger partial charge on any atom is 0.433 e. The molecule has 0 fully saturated rings. The van der Waals surface area contributed by atoms with Crippen molar-refractivity contribution in [3.05, 3.63) is 68.3 Å². The molecule has 1 amide bonds. The van der Waals surface area contributed by atoms with Crippen molar-refractivity contribution in [3.8, 4) is 0 Å². The summed E-state index contributed by atoms with van der Waals surface area (Å²) in [6, 6.07) is 5.83. The van der Waals surface area contributed by atoms with Gasteiger partial charge in [0.25, 0.3) is 5.91 Å². The summed E-state index contributed by atoms with van der Waals surface area (Å²) in [5.74, 6) is -1.02. The molecule has 32 heavy (non-hydrogen) atoms. The average molecular weight is 505 g/mol. The predicted octanol–water partition coefficient (Wildman–Crippen LogP) is 4.91. The predicted molar refractivity (Wildman–Crippen MR) is 111 cm³/mol. The number of aryl methyl sites for hydroxylation is 1. The normalized spacial score (nSPS) is 11.8. The van der Waals surface area contributed by atoms with Gasteiger partial charge in [-0.05, 0) is 25.1 Å². The third-order valence-corrected chi connectivity index (χ3v) is 5.37. The van der Waals surface area contributed by atoms with Gasteiger partial charge in [-0.2, -0.15) is 18.3 Å². The first-order chi connectivity index (χ1) is 15.0. The number of aromatic nitrogens is 6. The minimum Gasteiger partial charge on any atom is -0.288 e. The Kier molecular flexibility index (Phi) is 5.74. The van der Waals surface area contributed by atoms with E-state index in [0.29, 0.717) is 20.1 Å². The van der Waals surface area contributed by atoms with Crippen molar-refractivity contribution in [2.24, 2.45) is 0 Å². The summed E-state index contributed by atoms with van der Waals surface area (Å²) in [6.07, 6.45) is -3.40. The highest BCUT2D eigenvalue weighted by Crippen LogP contribution is 2.32. The van der Waals surface area contributed by atoms with E-state index in [1.165, 1.54) is 17.9 Å². The van der Waals surface area contributed by atoms with E-state index in [0.717, 1.165) is 6.07 Å². The number of carbonyl (C=O) groups is 1. The van der Waals surface area contributed by atoms with E-state index >= 15 is 0 Å². The van der Waals surface area contributed by atoms with Crippen LogP contribution in [0.4, 0.5) is 19.1 Å². The summed E-state index contributed by atoms with van der Waals surface area (Å²) in [6.45, 7) is 1.55. The molecule has 0 radical (unpaired) electrons. The van der Waals surface area contributed by atoms with Crippen LogP contribution in [-0.2, 0) is 12.7 Å². The zero-order valence-corrected chi connectivity index (χ0v) is 18.2. The van der Waals surface area contributed by atoms with Crippen molar-refractivity contribution < 1.29 is 18.0 Å². The van der Waals surface area contributed by atoms with Crippen molar-refractivity contribution in [1.82, 2.24) is 29.4 Å². The number of hydrogen-bond acceptors (Lipinski definition) is 5. The third kappa shape index (κ3) is 4.23. The molecule has 0 aliphatic rings. The second-order valence-electron chi connectivity index (χ2n) is 6.60. The Morgan fingerprint density at radius 3 is 2.50 bits per heavy atom. The summed E-state index contributed by atoms with van der Waals surface area (Å²) in [4.78, 5) is 20.5. The summed E-state index contributed by atoms with van der Waals surface area (Å²) >= 11 is 18.4. The van der Waals surface area contributed by atoms with Crippen LogP contribution in [0.25, 0.3) is 5.65 Å². The van der Waals surface area contributed by atoms with Gasteiger partial charge in [-0.1, -0.05) is 40.9 Å². The van der Waals surface area contributed by atoms with Gasteiger partial charge in [0.05, 0.1) is 6.54 Å². The Labute approximate surface area is 192 Å². The molecule has 14 heteroatoms. The fraction of sp³-hybridized carbons (Fsp3) is 0.167. The monoisotopic (exact) mass is 503 g/mol. The molecule has 0 bridgehead atoms. The van der Waals surface area contributed by atoms with E-state index < -0.39 is 23.5 Å². The lowest BCUT2D eigenvalue weighted by atomic mass is 10.2. The van der Waals surface area contributed by atoms with Gasteiger partial charge in [0.15, 0.2) is 11.3 Å². The summed E-state index contributed by atoms with van der Waals surface area (Å²) in [5, 5.41) is 10.7. The van der Waals surface area contributed by atoms with E-state index in [9.17, 15) is 18.0 Å². The molecule has 4 rings (SSSR count). The van der Waals surface area contributed by atoms with Crippen LogP contribution in [0.2, 0.25) is 15.1 Å². The Bertz CT molecular complexity index is 1330. The first-order valence-electron chi connectivity index (χ1n) is 8.81. The van der Waals surface area contributed by atoms with E-state index in [4.69, 9.17) is 34.8 Å². The number of rotatable bonds is 4. The number of hydrogen-bond donors (Lipinski definition) is 1. The minimum atomic E-state index is -4.73. The molecule has 1 N–H and O–H groups in total. The zero-order valence-electron chi connectivity index (χ0n) is 16.0. The number of nitrogens with one attached hydrogen (secondary N) is 1. The number of fused-ring (bicyclic) bond motifs is 1. The Hall–Kier alpha value is -2.89. The number of alkyl halides is 3. The number of carbonyl (C=O) groups excluding carboxylic acids is 1. The number of amides is 1. The van der Waals surface area contributed by atoms with Crippen molar-refractivity contribution in [2.75, 3.05) is 5.32 Å². The van der Waals surface area contributed by atoms with Gasteiger partial charge in [-0.3, -0.25) is 10.1 Å². The van der Waals surface area contributed by atoms with Crippen LogP contribution in [-0.4, -0.2) is 35.3 Å². The van der Waals surface area contributed by atoms with E-state index in [1.807, 2.05) is 0 Å². The van der Waals surface area contributed by atoms with Crippen LogP contribution in [0.15, 0.2) is 30.6 Å². The van der Waals surface area contributed by atoms with Crippen LogP contribution in [0.3, 0.4) is 0 Å². The molecule has 1 aromatic carbocycles. The highest BCUT2D eigenvalue weighted by Gasteiger charge is 2.36. The van der Waals surface area contributed by atoms with E-state index in [1.54, 1.807) is 18.2 Å². The second-order valence-corrected chi connectivity index (χ2v) is 7.79. The first-order valence-corrected chi connectivity index (χ1v) is 9.94. The summed E-state index contributed by atoms with van der Waals surface area (Å²) in [7, 11) is 0. The number of benzene rings is 1. The smallest absolute Gasteiger partial charge is 0.288 e. The van der Waals surface area contributed by atoms with Crippen LogP contribution in [0.1, 0.15) is 27.4 Å². The maximum atomic E-state index is 13.4. The summed E-state index contributed by atoms with van der Waals surface area (Å²) < 4.78 is 41.9. The molecule has 0 atom stereocenters. The molecule has 3 heterocycles. The molecular formula is C18H11Cl3F3N7O. The highest BCUT2D eigenvalue weighted by atomic mass is 35.5. The molecular weight excluding hydrogens is 494 g/mol. The Morgan fingerprint density at radius 1 is 1.16 bits per heavy atom. The molecule has 8 nitrogen and oxygen atoms in total. The van der Waals surface area contributed by atoms with Gasteiger partial charge >= 0.3 is 6.18 Å². The number of halogens is 6. The number of anilines is 1. The third-order valence-electron chi connectivity index (χ3n) is 4.31. The van der Waals surface area contributed by atoms with Crippen LogP contribution in [0.5, 0.6) is 0 Å². The lowest BCUT2D eigenvalue weighted by Crippen LogP contribution is -2.16. The van der Waals surface area contributed by atoms with Crippen molar-refractivity contribution in [2.45, 2.75) is 19.6 Å². The molecule has 0 unspecified atom stereocenters. The van der Waals surface area contributed by atoms with Gasteiger partial charge in [-0.25, -0.2) is 19.2 Å². The minimum absolute atomic E-state index is 0.0669. The lowest BCUT2D eigenvalue weighted by Gasteiger charge is -2.09. The molecule has 0 aliphatic carbocycles. The van der Waals surface area contributed by atoms with Crippen molar-refractivity contribution in [1.29, 1.82) is 0 Å². The quantitative estimate of drug-likeness (QED) is 0.427. The Balaban J connectivity index is 1.61. The van der Waals surface area contributed by atoms with Crippen LogP contribution in [0, 0.1) is 6.92 Å². The van der Waals surface area contributed by atoms with Crippen molar-refractivity contribution >= 4 is 52.3 Å². The molecule has 0 aliphatic heterocycles. The molecule has 4 aromatic rings. The fourth-order valence-corrected chi connectivity index (χ4v) is 3.66. The largest absolute Gasteiger partial charge is 0.433 e. The molecule has 3 aromatic heterocycles. The topological polar surface area (TPSA) is 90.0 Å². The molecule has 166 valence electrons. The first kappa shape index (κ1) is 22.3. The highest BCUT2D eigenvalue weighted by molar-refractivity contribution is 6.37. The van der Waals surface area contributed by atoms with Gasteiger partial charge in [0.2, 0.25) is 5.95 Å². The fourth-order valence-electron chi connectivity index (χ4n) is 2.89. The number of nitrogens with zero attached hydrogens (tertiary/aromatic N) is 6. The molecule has 0 spiro atoms.